The molecule has 0 radical (unpaired) electrons. The van der Waals surface area contributed by atoms with E-state index in [-0.39, 0.29) is 16.2 Å². The van der Waals surface area contributed by atoms with Gasteiger partial charge in [0.2, 0.25) is 0 Å². The summed E-state index contributed by atoms with van der Waals surface area (Å²) < 4.78 is 14.1. The largest absolute Gasteiger partial charge is 0.455 e. The fourth-order valence-corrected chi connectivity index (χ4v) is 15.1. The molecular weight excluding hydrogens is 995 g/mol. The molecule has 0 bridgehead atoms. The first-order valence-electron chi connectivity index (χ1n) is 29.2. The quantitative estimate of drug-likeness (QED) is 0.166. The number of fused-ring (bicyclic) bond motifs is 19. The average molecular weight is 1060 g/mol. The van der Waals surface area contributed by atoms with Crippen molar-refractivity contribution in [2.24, 2.45) is 0 Å². The van der Waals surface area contributed by atoms with Crippen LogP contribution in [0, 0.1) is 0 Å². The van der Waals surface area contributed by atoms with Crippen LogP contribution >= 0.6 is 0 Å². The topological polar surface area (TPSA) is 29.5 Å². The van der Waals surface area contributed by atoms with E-state index in [1.54, 1.807) is 0 Å². The normalized spacial score (nSPS) is 14.9. The van der Waals surface area contributed by atoms with Gasteiger partial charge in [-0.15, -0.1) is 0 Å². The Morgan fingerprint density at radius 1 is 0.341 bits per heavy atom. The van der Waals surface area contributed by atoms with E-state index in [4.69, 9.17) is 8.83 Å². The number of rotatable bonds is 6. The Kier molecular flexibility index (Phi) is 10.1. The molecule has 0 saturated carbocycles. The smallest absolute Gasteiger partial charge is 0.144 e. The highest BCUT2D eigenvalue weighted by molar-refractivity contribution is 6.22. The Morgan fingerprint density at radius 3 is 1.41 bits per heavy atom. The number of anilines is 3. The van der Waals surface area contributed by atoms with E-state index in [1.165, 1.54) is 83.1 Å². The van der Waals surface area contributed by atoms with Gasteiger partial charge in [0.15, 0.2) is 0 Å². The van der Waals surface area contributed by atoms with E-state index in [9.17, 15) is 0 Å². The van der Waals surface area contributed by atoms with Crippen molar-refractivity contribution in [3.05, 3.63) is 257 Å². The number of hydrogen-bond acceptors (Lipinski definition) is 3. The van der Waals surface area contributed by atoms with Gasteiger partial charge in [0, 0.05) is 71.4 Å². The summed E-state index contributed by atoms with van der Waals surface area (Å²) in [6.45, 7) is 21.5. The molecule has 0 aliphatic heterocycles. The maximum absolute atomic E-state index is 7.09. The maximum atomic E-state index is 7.09. The van der Waals surface area contributed by atoms with E-state index in [2.05, 4.69) is 286 Å². The molecule has 16 rings (SSSR count). The zero-order chi connectivity index (χ0) is 55.8. The van der Waals surface area contributed by atoms with Crippen molar-refractivity contribution in [3.63, 3.8) is 0 Å². The molecule has 13 aromatic rings. The van der Waals surface area contributed by atoms with Gasteiger partial charge >= 0.3 is 0 Å². The van der Waals surface area contributed by atoms with Crippen LogP contribution in [0.15, 0.2) is 227 Å². The second-order valence-corrected chi connectivity index (χ2v) is 25.9. The summed E-state index contributed by atoms with van der Waals surface area (Å²) in [4.78, 5) is 2.58. The Balaban J connectivity index is 0.960. The molecule has 0 amide bonds. The Labute approximate surface area is 480 Å². The molecule has 11 aromatic carbocycles. The highest BCUT2D eigenvalue weighted by Gasteiger charge is 2.49. The lowest BCUT2D eigenvalue weighted by molar-refractivity contribution is 0.590. The van der Waals surface area contributed by atoms with Crippen LogP contribution in [0.2, 0.25) is 0 Å². The number of para-hydroxylation sites is 3. The van der Waals surface area contributed by atoms with Crippen molar-refractivity contribution in [2.75, 3.05) is 4.90 Å². The zero-order valence-corrected chi connectivity index (χ0v) is 48.0. The molecule has 0 atom stereocenters. The molecule has 0 saturated heterocycles. The molecule has 0 N–H and O–H groups in total. The van der Waals surface area contributed by atoms with Crippen LogP contribution < -0.4 is 4.90 Å². The molecular formula is C79H63NO2. The minimum Gasteiger partial charge on any atom is -0.455 e. The van der Waals surface area contributed by atoms with Gasteiger partial charge in [0.25, 0.3) is 0 Å². The lowest BCUT2D eigenvalue weighted by Crippen LogP contribution is -2.24. The first-order valence-corrected chi connectivity index (χ1v) is 29.2. The Morgan fingerprint density at radius 2 is 0.805 bits per heavy atom. The van der Waals surface area contributed by atoms with Gasteiger partial charge in [-0.05, 0) is 131 Å². The third kappa shape index (κ3) is 6.65. The third-order valence-electron chi connectivity index (χ3n) is 19.2. The summed E-state index contributed by atoms with van der Waals surface area (Å²) in [6.07, 6.45) is 0. The van der Waals surface area contributed by atoms with Gasteiger partial charge in [-0.25, -0.2) is 0 Å². The van der Waals surface area contributed by atoms with Gasteiger partial charge < -0.3 is 13.7 Å². The molecule has 0 spiro atoms. The van der Waals surface area contributed by atoms with Crippen LogP contribution in [0.4, 0.5) is 17.1 Å². The predicted molar refractivity (Wildman–Crippen MR) is 343 cm³/mol. The number of furan rings is 2. The molecule has 2 aromatic heterocycles. The first kappa shape index (κ1) is 48.7. The van der Waals surface area contributed by atoms with Gasteiger partial charge in [-0.3, -0.25) is 0 Å². The average Bonchev–Trinajstić information content (AvgIpc) is 1.88. The molecule has 396 valence electrons. The zero-order valence-electron chi connectivity index (χ0n) is 48.0. The molecule has 0 fully saturated rings. The summed E-state index contributed by atoms with van der Waals surface area (Å²) >= 11 is 0. The van der Waals surface area contributed by atoms with Crippen molar-refractivity contribution in [1.29, 1.82) is 0 Å². The van der Waals surface area contributed by atoms with Crippen LogP contribution in [0.25, 0.3) is 111 Å². The van der Waals surface area contributed by atoms with E-state index in [0.717, 1.165) is 83.5 Å². The van der Waals surface area contributed by atoms with Crippen molar-refractivity contribution in [1.82, 2.24) is 0 Å². The van der Waals surface area contributed by atoms with Gasteiger partial charge in [0.05, 0.1) is 5.69 Å². The lowest BCUT2D eigenvalue weighted by Gasteiger charge is -2.33. The summed E-state index contributed by atoms with van der Waals surface area (Å²) in [6, 6.07) is 81.3. The Bertz CT molecular complexity index is 4790. The highest BCUT2D eigenvalue weighted by atomic mass is 16.3. The van der Waals surface area contributed by atoms with E-state index >= 15 is 0 Å². The maximum Gasteiger partial charge on any atom is 0.144 e. The Hall–Kier alpha value is -9.18. The molecule has 3 heteroatoms. The lowest BCUT2D eigenvalue weighted by atomic mass is 9.72. The number of nitrogens with zero attached hydrogens (tertiary/aromatic N) is 1. The number of benzene rings is 11. The summed E-state index contributed by atoms with van der Waals surface area (Å²) in [7, 11) is 0. The fraction of sp³-hybridized carbons (Fsp3) is 0.165. The monoisotopic (exact) mass is 1060 g/mol. The van der Waals surface area contributed by atoms with Crippen molar-refractivity contribution < 1.29 is 8.83 Å². The first-order chi connectivity index (χ1) is 39.6. The molecule has 3 aliphatic rings. The van der Waals surface area contributed by atoms with Crippen LogP contribution in [-0.2, 0) is 21.7 Å². The molecule has 3 nitrogen and oxygen atoms in total. The molecule has 3 aliphatic carbocycles. The van der Waals surface area contributed by atoms with Crippen LogP contribution in [-0.4, -0.2) is 0 Å². The summed E-state index contributed by atoms with van der Waals surface area (Å²) in [5.41, 5.74) is 29.9. The van der Waals surface area contributed by atoms with Gasteiger partial charge in [-0.1, -0.05) is 238 Å². The highest BCUT2D eigenvalue weighted by Crippen LogP contribution is 2.64. The summed E-state index contributed by atoms with van der Waals surface area (Å²) in [5.74, 6) is 0. The van der Waals surface area contributed by atoms with Crippen LogP contribution in [0.5, 0.6) is 0 Å². The van der Waals surface area contributed by atoms with Crippen molar-refractivity contribution in [2.45, 2.75) is 84.0 Å². The predicted octanol–water partition coefficient (Wildman–Crippen LogP) is 22.2. The molecule has 82 heavy (non-hydrogen) atoms. The second kappa shape index (κ2) is 16.9. The number of hydrogen-bond donors (Lipinski definition) is 0. The van der Waals surface area contributed by atoms with E-state index in [1.807, 2.05) is 0 Å². The van der Waals surface area contributed by atoms with Crippen LogP contribution in [0.3, 0.4) is 0 Å². The van der Waals surface area contributed by atoms with Crippen LogP contribution in [0.1, 0.15) is 101 Å². The van der Waals surface area contributed by atoms with E-state index < -0.39 is 5.41 Å². The van der Waals surface area contributed by atoms with E-state index in [0.29, 0.717) is 0 Å². The third-order valence-corrected chi connectivity index (χ3v) is 19.2. The SMILES string of the molecule is CC(C)(C)c1ccc(-c2cc3c(c4c2oc2ccccc24)-c2ccc(N(c4ccc5c(c4)C(C)(C)c4c6c(c7oc8ccccc8c7c4-5)-c4ccccc4C6(C)C)c4c(-c5ccccc5)cccc4-c4ccccc4)cc2C3(C)C)cc1. The minimum atomic E-state index is -0.394. The molecule has 2 heterocycles. The standard InChI is InChI=1S/C79H63NO2/c1-76(2,3)49-37-35-48(36-38-49)59-45-63-66(68-57-28-17-20-33-64(57)81-74(59)68)55-41-39-50(43-61(55)77(63,4)5)80(73-52(46-23-12-10-13-24-46)30-22-31-53(73)47-25-14-11-15-26-47)51-40-42-56-62(44-51)79(8,9)71-67(56)69-58-29-18-21-34-65(58)82-75(69)70-54-27-16-19-32-60(54)78(6,7)72(70)71/h10-45H,1-9H3. The minimum absolute atomic E-state index is 0.0393. The van der Waals surface area contributed by atoms with Crippen molar-refractivity contribution in [3.8, 4) is 66.8 Å². The summed E-state index contributed by atoms with van der Waals surface area (Å²) in [5, 5.41) is 4.68. The van der Waals surface area contributed by atoms with Gasteiger partial charge in [-0.2, -0.15) is 0 Å². The fourth-order valence-electron chi connectivity index (χ4n) is 15.1. The van der Waals surface area contributed by atoms with Gasteiger partial charge in [0.1, 0.15) is 22.3 Å². The molecule has 0 unspecified atom stereocenters. The second-order valence-electron chi connectivity index (χ2n) is 25.9. The van der Waals surface area contributed by atoms with Crippen molar-refractivity contribution >= 4 is 60.9 Å².